The van der Waals surface area contributed by atoms with Crippen molar-refractivity contribution in [3.63, 3.8) is 0 Å². The van der Waals surface area contributed by atoms with Crippen LogP contribution in [0.2, 0.25) is 0 Å². The normalized spacial score (nSPS) is 11.0. The maximum absolute atomic E-state index is 11.9. The Morgan fingerprint density at radius 1 is 0.969 bits per heavy atom. The molecule has 0 aliphatic rings. The van der Waals surface area contributed by atoms with Crippen molar-refractivity contribution in [2.45, 2.75) is 0 Å². The van der Waals surface area contributed by atoms with E-state index in [1.165, 1.54) is 42.5 Å². The van der Waals surface area contributed by atoms with E-state index in [2.05, 4.69) is 26.2 Å². The van der Waals surface area contributed by atoms with Gasteiger partial charge >= 0.3 is 0 Å². The molecule has 2 aromatic carbocycles. The van der Waals surface area contributed by atoms with Crippen molar-refractivity contribution in [1.82, 2.24) is 10.9 Å². The number of nitrogens with zero attached hydrogens (tertiary/aromatic N) is 1. The van der Waals surface area contributed by atoms with Gasteiger partial charge in [0.05, 0.1) is 16.4 Å². The molecule has 2 amide bonds. The van der Waals surface area contributed by atoms with Gasteiger partial charge in [0.2, 0.25) is 11.8 Å². The van der Waals surface area contributed by atoms with Crippen molar-refractivity contribution in [3.8, 4) is 0 Å². The van der Waals surface area contributed by atoms with E-state index in [4.69, 9.17) is 12.2 Å². The molecule has 1 unspecified atom stereocenters. The summed E-state index contributed by atoms with van der Waals surface area (Å²) in [6, 6.07) is 11.9. The lowest BCUT2D eigenvalue weighted by Crippen LogP contribution is -2.44. The second-order valence-electron chi connectivity index (χ2n) is 5.86. The lowest BCUT2D eigenvalue weighted by atomic mass is 10.3. The Bertz CT molecular complexity index is 1020. The van der Waals surface area contributed by atoms with E-state index in [1.54, 1.807) is 6.07 Å². The number of hydrazine groups is 1. The van der Waals surface area contributed by atoms with Crippen molar-refractivity contribution in [3.05, 3.63) is 58.6 Å². The largest absolute Gasteiger partial charge is 0.755 e. The Kier molecular flexibility index (Phi) is 9.80. The Morgan fingerprint density at radius 2 is 1.59 bits per heavy atom. The molecule has 0 radical (unpaired) electrons. The summed E-state index contributed by atoms with van der Waals surface area (Å²) in [4.78, 5) is 34.2. The van der Waals surface area contributed by atoms with Gasteiger partial charge in [-0.15, -0.1) is 11.8 Å². The maximum atomic E-state index is 11.9. The monoisotopic (exact) mass is 497 g/mol. The lowest BCUT2D eigenvalue weighted by molar-refractivity contribution is -0.383. The van der Waals surface area contributed by atoms with Crippen LogP contribution in [0.1, 0.15) is 0 Å². The molecule has 0 bridgehead atoms. The smallest absolute Gasteiger partial charge is 0.292 e. The molecule has 0 fully saturated rings. The molecular formula is C17H17N6O6S3-. The summed E-state index contributed by atoms with van der Waals surface area (Å²) < 4.78 is 23.3. The summed E-state index contributed by atoms with van der Waals surface area (Å²) in [5.74, 6) is -0.864. The number of hydrogen-bond donors (Lipinski definition) is 5. The van der Waals surface area contributed by atoms with Crippen LogP contribution in [0, 0.1) is 10.1 Å². The number of carbonyl (C=O) groups excluding carboxylic acids is 2. The van der Waals surface area contributed by atoms with Gasteiger partial charge in [-0.2, -0.15) is 0 Å². The van der Waals surface area contributed by atoms with Crippen molar-refractivity contribution in [2.75, 3.05) is 26.9 Å². The molecular weight excluding hydrogens is 480 g/mol. The van der Waals surface area contributed by atoms with Crippen LogP contribution in [0.4, 0.5) is 22.7 Å². The molecule has 0 heterocycles. The summed E-state index contributed by atoms with van der Waals surface area (Å²) in [5, 5.41) is 16.2. The van der Waals surface area contributed by atoms with Gasteiger partial charge in [-0.25, -0.2) is 0 Å². The first-order valence-electron chi connectivity index (χ1n) is 8.67. The number of amides is 2. The molecule has 32 heavy (non-hydrogen) atoms. The van der Waals surface area contributed by atoms with Crippen LogP contribution >= 0.6 is 24.0 Å². The van der Waals surface area contributed by atoms with Crippen LogP contribution in [-0.4, -0.2) is 42.1 Å². The molecule has 0 spiro atoms. The zero-order valence-electron chi connectivity index (χ0n) is 16.2. The molecule has 0 saturated carbocycles. The van der Waals surface area contributed by atoms with Crippen molar-refractivity contribution in [2.24, 2.45) is 0 Å². The molecule has 0 saturated heterocycles. The van der Waals surface area contributed by atoms with E-state index in [-0.39, 0.29) is 33.9 Å². The Morgan fingerprint density at radius 3 is 2.25 bits per heavy atom. The molecule has 0 aromatic heterocycles. The van der Waals surface area contributed by atoms with Gasteiger partial charge < -0.3 is 19.9 Å². The Balaban J connectivity index is 1.67. The fourth-order valence-corrected chi connectivity index (χ4v) is 3.31. The summed E-state index contributed by atoms with van der Waals surface area (Å²) in [6.07, 6.45) is 0. The second kappa shape index (κ2) is 12.6. The number of nitro benzene ring substituents is 1. The number of benzene rings is 2. The zero-order valence-corrected chi connectivity index (χ0v) is 18.6. The molecule has 1 atom stereocenters. The molecule has 0 aliphatic carbocycles. The number of hydrogen-bond acceptors (Lipinski definition) is 8. The highest BCUT2D eigenvalue weighted by atomic mass is 32.2. The molecule has 15 heteroatoms. The summed E-state index contributed by atoms with van der Waals surface area (Å²) >= 11 is 3.61. The van der Waals surface area contributed by atoms with Crippen LogP contribution in [-0.2, 0) is 20.9 Å². The minimum atomic E-state index is -2.43. The zero-order chi connectivity index (χ0) is 23.5. The number of carbonyl (C=O) groups is 2. The third-order valence-corrected chi connectivity index (χ3v) is 5.04. The quantitative estimate of drug-likeness (QED) is 0.148. The first-order valence-corrected chi connectivity index (χ1v) is 11.3. The van der Waals surface area contributed by atoms with Crippen LogP contribution in [0.25, 0.3) is 0 Å². The van der Waals surface area contributed by atoms with E-state index in [9.17, 15) is 28.5 Å². The number of para-hydroxylation sites is 2. The average molecular weight is 498 g/mol. The van der Waals surface area contributed by atoms with E-state index < -0.39 is 22.1 Å². The number of rotatable bonds is 9. The minimum Gasteiger partial charge on any atom is -0.755 e. The molecule has 2 rings (SSSR count). The summed E-state index contributed by atoms with van der Waals surface area (Å²) in [7, 11) is 0. The standard InChI is InChI=1S/C17H18N6O6S3/c24-15(18-11-5-7-12(8-6-11)22-32(28)29)9-31-10-16(25)20-21-17(30)19-13-3-1-2-4-14(13)23(26)27/h1-8,22H,9-10H2,(H,18,24)(H,20,25)(H,28,29)(H2,19,21,30)/p-1. The highest BCUT2D eigenvalue weighted by molar-refractivity contribution is 8.00. The Hall–Kier alpha value is -3.27. The van der Waals surface area contributed by atoms with Crippen LogP contribution in [0.5, 0.6) is 0 Å². The first kappa shape index (κ1) is 25.0. The van der Waals surface area contributed by atoms with Crippen LogP contribution in [0.15, 0.2) is 48.5 Å². The molecule has 2 aromatic rings. The fourth-order valence-electron chi connectivity index (χ4n) is 2.21. The van der Waals surface area contributed by atoms with Gasteiger partial charge in [0.15, 0.2) is 5.11 Å². The van der Waals surface area contributed by atoms with E-state index >= 15 is 0 Å². The first-order chi connectivity index (χ1) is 15.2. The van der Waals surface area contributed by atoms with E-state index in [1.807, 2.05) is 0 Å². The van der Waals surface area contributed by atoms with E-state index in [0.29, 0.717) is 11.4 Å². The molecule has 0 aliphatic heterocycles. The maximum Gasteiger partial charge on any atom is 0.292 e. The average Bonchev–Trinajstić information content (AvgIpc) is 2.73. The third kappa shape index (κ3) is 8.84. The van der Waals surface area contributed by atoms with Crippen LogP contribution in [0.3, 0.4) is 0 Å². The second-order valence-corrected chi connectivity index (χ2v) is 7.92. The minimum absolute atomic E-state index is 0.00307. The van der Waals surface area contributed by atoms with Gasteiger partial charge in [0.25, 0.3) is 5.69 Å². The van der Waals surface area contributed by atoms with E-state index in [0.717, 1.165) is 11.8 Å². The highest BCUT2D eigenvalue weighted by Gasteiger charge is 2.13. The van der Waals surface area contributed by atoms with Crippen molar-refractivity contribution in [1.29, 1.82) is 0 Å². The van der Waals surface area contributed by atoms with Gasteiger partial charge in [-0.3, -0.25) is 34.8 Å². The molecule has 5 N–H and O–H groups in total. The van der Waals surface area contributed by atoms with Crippen molar-refractivity contribution < 1.29 is 23.3 Å². The van der Waals surface area contributed by atoms with Crippen molar-refractivity contribution >= 4 is 74.9 Å². The predicted molar refractivity (Wildman–Crippen MR) is 126 cm³/mol. The topological polar surface area (TPSA) is 178 Å². The van der Waals surface area contributed by atoms with Gasteiger partial charge in [-0.1, -0.05) is 12.1 Å². The summed E-state index contributed by atoms with van der Waals surface area (Å²) in [5.41, 5.74) is 5.57. The van der Waals surface area contributed by atoms with Crippen LogP contribution < -0.4 is 26.2 Å². The fraction of sp³-hybridized carbons (Fsp3) is 0.118. The molecule has 12 nitrogen and oxygen atoms in total. The highest BCUT2D eigenvalue weighted by Crippen LogP contribution is 2.22. The SMILES string of the molecule is O=C(CSCC(=O)Nc1ccc(NS(=O)[O-])cc1)NNC(=S)Nc1ccccc1[N+](=O)[O-]. The number of nitro groups is 1. The number of anilines is 3. The lowest BCUT2D eigenvalue weighted by Gasteiger charge is -2.12. The van der Waals surface area contributed by atoms with Gasteiger partial charge in [0, 0.05) is 28.7 Å². The number of thioether (sulfide) groups is 1. The Labute approximate surface area is 194 Å². The third-order valence-electron chi connectivity index (χ3n) is 3.50. The predicted octanol–water partition coefficient (Wildman–Crippen LogP) is 1.49. The number of thiocarbonyl (C=S) groups is 1. The number of nitrogens with one attached hydrogen (secondary N) is 5. The van der Waals surface area contributed by atoms with Gasteiger partial charge in [-0.05, 0) is 42.5 Å². The van der Waals surface area contributed by atoms with Gasteiger partial charge in [0.1, 0.15) is 5.69 Å². The molecule has 170 valence electrons. The summed E-state index contributed by atoms with van der Waals surface area (Å²) in [6.45, 7) is 0.